The van der Waals surface area contributed by atoms with Crippen molar-refractivity contribution < 1.29 is 4.79 Å². The Morgan fingerprint density at radius 2 is 1.78 bits per heavy atom. The molecule has 0 unspecified atom stereocenters. The first-order valence-corrected chi connectivity index (χ1v) is 12.8. The summed E-state index contributed by atoms with van der Waals surface area (Å²) in [7, 11) is 0. The monoisotopic (exact) mass is 554 g/mol. The van der Waals surface area contributed by atoms with E-state index in [0.717, 1.165) is 45.4 Å². The number of likely N-dealkylation sites (tertiary alicyclic amines) is 1. The van der Waals surface area contributed by atoms with Gasteiger partial charge in [-0.05, 0) is 40.9 Å². The highest BCUT2D eigenvalue weighted by Crippen LogP contribution is 2.37. The van der Waals surface area contributed by atoms with E-state index in [0.29, 0.717) is 30.2 Å². The summed E-state index contributed by atoms with van der Waals surface area (Å²) in [4.78, 5) is 32.3. The number of rotatable bonds is 4. The van der Waals surface area contributed by atoms with Crippen LogP contribution in [-0.2, 0) is 0 Å². The molecule has 1 aliphatic heterocycles. The fraction of sp³-hybridized carbons (Fsp3) is 0.185. The van der Waals surface area contributed by atoms with Gasteiger partial charge in [-0.15, -0.1) is 0 Å². The second-order valence-electron chi connectivity index (χ2n) is 8.95. The van der Waals surface area contributed by atoms with Crippen LogP contribution in [0.3, 0.4) is 0 Å². The lowest BCUT2D eigenvalue weighted by atomic mass is 9.93. The van der Waals surface area contributed by atoms with Gasteiger partial charge in [-0.3, -0.25) is 9.78 Å². The maximum absolute atomic E-state index is 12.8. The summed E-state index contributed by atoms with van der Waals surface area (Å²) < 4.78 is 2.40. The molecule has 9 nitrogen and oxygen atoms in total. The van der Waals surface area contributed by atoms with E-state index >= 15 is 0 Å². The van der Waals surface area contributed by atoms with Crippen LogP contribution in [0.5, 0.6) is 0 Å². The van der Waals surface area contributed by atoms with Gasteiger partial charge in [0.2, 0.25) is 0 Å². The van der Waals surface area contributed by atoms with Crippen LogP contribution in [0.15, 0.2) is 77.9 Å². The number of nitrogens with zero attached hydrogens (tertiary/aromatic N) is 7. The molecule has 4 aromatic heterocycles. The summed E-state index contributed by atoms with van der Waals surface area (Å²) >= 11 is 3.66. The Hall–Kier alpha value is -4.18. The second kappa shape index (κ2) is 9.70. The number of fused-ring (bicyclic) bond motifs is 1. The minimum atomic E-state index is -0.0765. The fourth-order valence-corrected chi connectivity index (χ4v) is 5.34. The molecule has 1 amide bonds. The molecular weight excluding hydrogens is 532 g/mol. The lowest BCUT2D eigenvalue weighted by Gasteiger charge is -2.32. The summed E-state index contributed by atoms with van der Waals surface area (Å²) in [6.45, 7) is 1.23. The first-order chi connectivity index (χ1) is 18.1. The van der Waals surface area contributed by atoms with E-state index in [2.05, 4.69) is 36.0 Å². The zero-order valence-electron chi connectivity index (χ0n) is 19.8. The molecule has 0 radical (unpaired) electrons. The van der Waals surface area contributed by atoms with Gasteiger partial charge in [0.05, 0.1) is 22.1 Å². The predicted molar refractivity (Wildman–Crippen MR) is 144 cm³/mol. The van der Waals surface area contributed by atoms with Crippen LogP contribution < -0.4 is 5.73 Å². The molecule has 0 saturated carbocycles. The number of nitrogens with two attached hydrogens (primary N) is 1. The molecule has 184 valence electrons. The molecular formula is C27H23BrN8O. The van der Waals surface area contributed by atoms with Crippen molar-refractivity contribution in [3.05, 3.63) is 89.3 Å². The minimum Gasteiger partial charge on any atom is -0.383 e. The van der Waals surface area contributed by atoms with E-state index in [4.69, 9.17) is 10.7 Å². The molecule has 0 atom stereocenters. The average Bonchev–Trinajstić information content (AvgIpc) is 3.40. The van der Waals surface area contributed by atoms with Crippen LogP contribution in [0.2, 0.25) is 0 Å². The third-order valence-corrected chi connectivity index (χ3v) is 7.57. The molecule has 5 heterocycles. The van der Waals surface area contributed by atoms with Crippen molar-refractivity contribution in [2.24, 2.45) is 0 Å². The van der Waals surface area contributed by atoms with Crippen LogP contribution in [-0.4, -0.2) is 53.4 Å². The standard InChI is InChI=1S/C27H23BrN8O/c28-23-24(18-9-12-35(13-10-18)27(37)22-8-11-30-16-32-22)34-26-20(15-33-36(26)25(23)29)19-6-7-21(31-14-19)17-4-2-1-3-5-17/h1-8,11,14-16,18H,9-10,12-13,29H2. The molecule has 5 aromatic rings. The lowest BCUT2D eigenvalue weighted by molar-refractivity contribution is 0.0705. The van der Waals surface area contributed by atoms with E-state index in [1.807, 2.05) is 53.6 Å². The van der Waals surface area contributed by atoms with Crippen molar-refractivity contribution in [3.8, 4) is 22.4 Å². The number of piperidine rings is 1. The Morgan fingerprint density at radius 1 is 0.973 bits per heavy atom. The quantitative estimate of drug-likeness (QED) is 0.344. The maximum atomic E-state index is 12.8. The van der Waals surface area contributed by atoms with Gasteiger partial charge in [-0.25, -0.2) is 15.0 Å². The molecule has 1 aromatic carbocycles. The van der Waals surface area contributed by atoms with Crippen molar-refractivity contribution in [3.63, 3.8) is 0 Å². The summed E-state index contributed by atoms with van der Waals surface area (Å²) in [5, 5.41) is 4.50. The summed E-state index contributed by atoms with van der Waals surface area (Å²) in [6, 6.07) is 15.7. The molecule has 2 N–H and O–H groups in total. The normalized spacial score (nSPS) is 14.2. The number of pyridine rings is 1. The number of carbonyl (C=O) groups excluding carboxylic acids is 1. The summed E-state index contributed by atoms with van der Waals surface area (Å²) in [6.07, 6.45) is 8.14. The van der Waals surface area contributed by atoms with E-state index in [1.165, 1.54) is 6.33 Å². The highest BCUT2D eigenvalue weighted by Gasteiger charge is 2.29. The molecule has 6 rings (SSSR count). The number of benzene rings is 1. The van der Waals surface area contributed by atoms with Crippen LogP contribution in [0.25, 0.3) is 28.0 Å². The number of halogens is 1. The van der Waals surface area contributed by atoms with Gasteiger partial charge in [0.15, 0.2) is 5.65 Å². The highest BCUT2D eigenvalue weighted by atomic mass is 79.9. The second-order valence-corrected chi connectivity index (χ2v) is 9.74. The smallest absolute Gasteiger partial charge is 0.272 e. The Balaban J connectivity index is 1.27. The van der Waals surface area contributed by atoms with Gasteiger partial charge in [-0.2, -0.15) is 9.61 Å². The van der Waals surface area contributed by atoms with E-state index in [-0.39, 0.29) is 11.8 Å². The molecule has 10 heteroatoms. The molecule has 37 heavy (non-hydrogen) atoms. The van der Waals surface area contributed by atoms with Crippen LogP contribution in [0.1, 0.15) is 34.9 Å². The van der Waals surface area contributed by atoms with Crippen molar-refractivity contribution in [2.75, 3.05) is 18.8 Å². The minimum absolute atomic E-state index is 0.0765. The number of anilines is 1. The number of amides is 1. The number of hydrogen-bond acceptors (Lipinski definition) is 7. The number of aromatic nitrogens is 6. The van der Waals surface area contributed by atoms with Crippen LogP contribution in [0, 0.1) is 0 Å². The Labute approximate surface area is 221 Å². The zero-order chi connectivity index (χ0) is 25.4. The summed E-state index contributed by atoms with van der Waals surface area (Å²) in [5.41, 5.74) is 12.2. The predicted octanol–water partition coefficient (Wildman–Crippen LogP) is 4.61. The third kappa shape index (κ3) is 4.33. The lowest BCUT2D eigenvalue weighted by Crippen LogP contribution is -2.38. The largest absolute Gasteiger partial charge is 0.383 e. The first-order valence-electron chi connectivity index (χ1n) is 12.0. The van der Waals surface area contributed by atoms with Gasteiger partial charge in [0, 0.05) is 48.1 Å². The highest BCUT2D eigenvalue weighted by molar-refractivity contribution is 9.10. The van der Waals surface area contributed by atoms with E-state index in [1.54, 1.807) is 23.0 Å². The van der Waals surface area contributed by atoms with Gasteiger partial charge in [-0.1, -0.05) is 36.4 Å². The first kappa shape index (κ1) is 23.2. The van der Waals surface area contributed by atoms with Gasteiger partial charge in [0.25, 0.3) is 5.91 Å². The Morgan fingerprint density at radius 3 is 2.49 bits per heavy atom. The SMILES string of the molecule is Nc1c(Br)c(C2CCN(C(=O)c3ccncn3)CC2)nc2c(-c3ccc(-c4ccccc4)nc3)cnn12. The number of carbonyl (C=O) groups is 1. The van der Waals surface area contributed by atoms with Gasteiger partial charge in [0.1, 0.15) is 17.8 Å². The van der Waals surface area contributed by atoms with E-state index in [9.17, 15) is 4.79 Å². The molecule has 1 aliphatic rings. The zero-order valence-corrected chi connectivity index (χ0v) is 21.4. The van der Waals surface area contributed by atoms with Gasteiger partial charge < -0.3 is 10.6 Å². The topological polar surface area (TPSA) is 115 Å². The summed E-state index contributed by atoms with van der Waals surface area (Å²) in [5.74, 6) is 0.574. The molecule has 0 bridgehead atoms. The average molecular weight is 555 g/mol. The van der Waals surface area contributed by atoms with Crippen molar-refractivity contribution in [1.29, 1.82) is 0 Å². The molecule has 1 saturated heterocycles. The molecule has 0 spiro atoms. The van der Waals surface area contributed by atoms with Gasteiger partial charge >= 0.3 is 0 Å². The van der Waals surface area contributed by atoms with Crippen LogP contribution in [0.4, 0.5) is 5.82 Å². The molecule has 1 fully saturated rings. The number of hydrogen-bond donors (Lipinski definition) is 1. The van der Waals surface area contributed by atoms with Crippen molar-refractivity contribution >= 4 is 33.3 Å². The van der Waals surface area contributed by atoms with E-state index < -0.39 is 0 Å². The number of nitrogen functional groups attached to an aromatic ring is 1. The Bertz CT molecular complexity index is 1560. The third-order valence-electron chi connectivity index (χ3n) is 6.76. The van der Waals surface area contributed by atoms with Crippen molar-refractivity contribution in [1.82, 2.24) is 34.4 Å². The van der Waals surface area contributed by atoms with Crippen molar-refractivity contribution in [2.45, 2.75) is 18.8 Å². The maximum Gasteiger partial charge on any atom is 0.272 e. The fourth-order valence-electron chi connectivity index (χ4n) is 4.76. The van der Waals surface area contributed by atoms with Crippen LogP contribution >= 0.6 is 15.9 Å². The Kier molecular flexibility index (Phi) is 6.09. The molecule has 0 aliphatic carbocycles.